The van der Waals surface area contributed by atoms with Gasteiger partial charge in [0, 0.05) is 5.69 Å². The normalized spacial score (nSPS) is 19.2. The van der Waals surface area contributed by atoms with Gasteiger partial charge in [-0.25, -0.2) is 4.79 Å². The molecule has 0 radical (unpaired) electrons. The first-order valence-electron chi connectivity index (χ1n) is 10.7. The highest BCUT2D eigenvalue weighted by Gasteiger charge is 2.49. The molecule has 5 rings (SSSR count). The van der Waals surface area contributed by atoms with Crippen LogP contribution in [0.5, 0.6) is 11.5 Å². The molecule has 174 valence electrons. The van der Waals surface area contributed by atoms with Crippen molar-refractivity contribution < 1.29 is 19.1 Å². The molecule has 3 heterocycles. The van der Waals surface area contributed by atoms with Gasteiger partial charge in [0.25, 0.3) is 5.91 Å². The second-order valence-electron chi connectivity index (χ2n) is 8.18. The SMILES string of the molecule is Cc1ccccc1Nc1nc(N)nc(CN2C(=O)NC(C)(c3ccc4c(c3)OCCO4)C2=O)n1. The monoisotopic (exact) mass is 461 g/mol. The standard InChI is InChI=1S/C23H23N7O4/c1-13-5-3-4-6-15(13)25-21-27-18(26-20(24)28-21)12-30-19(31)23(2,29-22(30)32)14-7-8-16-17(11-14)34-10-9-33-16/h3-8,11H,9-10,12H2,1-2H3,(H,29,32)(H3,24,25,26,27,28). The number of benzene rings is 2. The Kier molecular flexibility index (Phi) is 5.16. The summed E-state index contributed by atoms with van der Waals surface area (Å²) in [6.07, 6.45) is 0. The van der Waals surface area contributed by atoms with Crippen LogP contribution in [0.15, 0.2) is 42.5 Å². The van der Waals surface area contributed by atoms with Crippen molar-refractivity contribution >= 4 is 29.5 Å². The number of aryl methyl sites for hydroxylation is 1. The Bertz CT molecular complexity index is 1300. The van der Waals surface area contributed by atoms with Gasteiger partial charge in [-0.15, -0.1) is 0 Å². The van der Waals surface area contributed by atoms with Crippen LogP contribution < -0.4 is 25.8 Å². The number of aromatic nitrogens is 3. The van der Waals surface area contributed by atoms with E-state index in [1.165, 1.54) is 0 Å². The van der Waals surface area contributed by atoms with E-state index in [1.807, 2.05) is 31.2 Å². The fraction of sp³-hybridized carbons (Fsp3) is 0.261. The van der Waals surface area contributed by atoms with Crippen molar-refractivity contribution in [2.45, 2.75) is 25.9 Å². The molecule has 1 fully saturated rings. The molecular formula is C23H23N7O4. The molecule has 3 amide bonds. The molecule has 1 unspecified atom stereocenters. The van der Waals surface area contributed by atoms with E-state index in [-0.39, 0.29) is 24.3 Å². The minimum absolute atomic E-state index is 0.0252. The lowest BCUT2D eigenvalue weighted by Gasteiger charge is -2.25. The maximum absolute atomic E-state index is 13.4. The van der Waals surface area contributed by atoms with Gasteiger partial charge in [0.1, 0.15) is 18.8 Å². The van der Waals surface area contributed by atoms with E-state index in [2.05, 4.69) is 25.6 Å². The number of ether oxygens (including phenoxy) is 2. The van der Waals surface area contributed by atoms with E-state index in [1.54, 1.807) is 25.1 Å². The largest absolute Gasteiger partial charge is 0.486 e. The number of nitrogens with zero attached hydrogens (tertiary/aromatic N) is 4. The Morgan fingerprint density at radius 1 is 1.09 bits per heavy atom. The quantitative estimate of drug-likeness (QED) is 0.487. The molecule has 2 aromatic carbocycles. The van der Waals surface area contributed by atoms with Crippen LogP contribution >= 0.6 is 0 Å². The average Bonchev–Trinajstić information content (AvgIpc) is 3.04. The van der Waals surface area contributed by atoms with E-state index in [4.69, 9.17) is 15.2 Å². The number of hydrogen-bond donors (Lipinski definition) is 3. The minimum Gasteiger partial charge on any atom is -0.486 e. The third-order valence-electron chi connectivity index (χ3n) is 5.78. The average molecular weight is 461 g/mol. The van der Waals surface area contributed by atoms with Crippen LogP contribution in [0.1, 0.15) is 23.9 Å². The Morgan fingerprint density at radius 2 is 1.85 bits per heavy atom. The number of amides is 3. The third kappa shape index (κ3) is 3.81. The zero-order chi connectivity index (χ0) is 23.9. The van der Waals surface area contributed by atoms with Gasteiger partial charge in [-0.2, -0.15) is 15.0 Å². The number of anilines is 3. The molecule has 1 aromatic heterocycles. The molecule has 11 nitrogen and oxygen atoms in total. The number of para-hydroxylation sites is 1. The fourth-order valence-corrected chi connectivity index (χ4v) is 3.93. The molecule has 0 spiro atoms. The van der Waals surface area contributed by atoms with Crippen molar-refractivity contribution in [2.24, 2.45) is 0 Å². The number of nitrogen functional groups attached to an aromatic ring is 1. The van der Waals surface area contributed by atoms with Gasteiger partial charge in [-0.1, -0.05) is 24.3 Å². The van der Waals surface area contributed by atoms with E-state index < -0.39 is 17.5 Å². The lowest BCUT2D eigenvalue weighted by molar-refractivity contribution is -0.131. The molecule has 0 bridgehead atoms. The summed E-state index contributed by atoms with van der Waals surface area (Å²) in [5, 5.41) is 5.87. The Morgan fingerprint density at radius 3 is 2.65 bits per heavy atom. The molecule has 11 heteroatoms. The third-order valence-corrected chi connectivity index (χ3v) is 5.78. The zero-order valence-electron chi connectivity index (χ0n) is 18.7. The number of hydrogen-bond acceptors (Lipinski definition) is 9. The molecule has 0 aliphatic carbocycles. The first-order chi connectivity index (χ1) is 16.3. The number of rotatable bonds is 5. The summed E-state index contributed by atoms with van der Waals surface area (Å²) >= 11 is 0. The number of imide groups is 1. The summed E-state index contributed by atoms with van der Waals surface area (Å²) in [5.74, 6) is 1.06. The minimum atomic E-state index is -1.28. The van der Waals surface area contributed by atoms with Crippen molar-refractivity contribution in [3.63, 3.8) is 0 Å². The maximum Gasteiger partial charge on any atom is 0.325 e. The summed E-state index contributed by atoms with van der Waals surface area (Å²) in [4.78, 5) is 39.8. The van der Waals surface area contributed by atoms with Crippen molar-refractivity contribution in [2.75, 3.05) is 24.3 Å². The fourth-order valence-electron chi connectivity index (χ4n) is 3.93. The molecule has 3 aromatic rings. The van der Waals surface area contributed by atoms with Crippen molar-refractivity contribution in [3.8, 4) is 11.5 Å². The molecular weight excluding hydrogens is 438 g/mol. The summed E-state index contributed by atoms with van der Waals surface area (Å²) < 4.78 is 11.2. The number of fused-ring (bicyclic) bond motifs is 1. The van der Waals surface area contributed by atoms with E-state index in [0.29, 0.717) is 30.3 Å². The van der Waals surface area contributed by atoms with Crippen LogP contribution in [0, 0.1) is 6.92 Å². The highest BCUT2D eigenvalue weighted by Crippen LogP contribution is 2.37. The van der Waals surface area contributed by atoms with Gasteiger partial charge in [-0.05, 0) is 43.2 Å². The van der Waals surface area contributed by atoms with Crippen LogP contribution in [0.4, 0.5) is 22.4 Å². The number of nitrogens with two attached hydrogens (primary N) is 1. The number of carbonyl (C=O) groups is 2. The molecule has 2 aliphatic heterocycles. The van der Waals surface area contributed by atoms with Crippen molar-refractivity contribution in [3.05, 3.63) is 59.4 Å². The molecule has 1 atom stereocenters. The zero-order valence-corrected chi connectivity index (χ0v) is 18.7. The second kappa shape index (κ2) is 8.18. The number of carbonyl (C=O) groups excluding carboxylic acids is 2. The second-order valence-corrected chi connectivity index (χ2v) is 8.18. The molecule has 0 saturated carbocycles. The molecule has 1 saturated heterocycles. The van der Waals surface area contributed by atoms with Gasteiger partial charge in [-0.3, -0.25) is 9.69 Å². The van der Waals surface area contributed by atoms with Crippen LogP contribution in [-0.2, 0) is 16.9 Å². The van der Waals surface area contributed by atoms with Gasteiger partial charge < -0.3 is 25.8 Å². The molecule has 4 N–H and O–H groups in total. The van der Waals surface area contributed by atoms with Crippen molar-refractivity contribution in [1.29, 1.82) is 0 Å². The highest BCUT2D eigenvalue weighted by atomic mass is 16.6. The smallest absolute Gasteiger partial charge is 0.325 e. The predicted molar refractivity (Wildman–Crippen MR) is 123 cm³/mol. The molecule has 34 heavy (non-hydrogen) atoms. The Balaban J connectivity index is 1.39. The predicted octanol–water partition coefficient (Wildman–Crippen LogP) is 2.24. The van der Waals surface area contributed by atoms with Crippen molar-refractivity contribution in [1.82, 2.24) is 25.2 Å². The highest BCUT2D eigenvalue weighted by molar-refractivity contribution is 6.07. The van der Waals surface area contributed by atoms with E-state index >= 15 is 0 Å². The maximum atomic E-state index is 13.4. The lowest BCUT2D eigenvalue weighted by Crippen LogP contribution is -2.41. The number of urea groups is 1. The van der Waals surface area contributed by atoms with Gasteiger partial charge in [0.15, 0.2) is 17.3 Å². The Labute approximate surface area is 195 Å². The summed E-state index contributed by atoms with van der Waals surface area (Å²) in [6, 6.07) is 12.2. The lowest BCUT2D eigenvalue weighted by atomic mass is 9.91. The summed E-state index contributed by atoms with van der Waals surface area (Å²) in [5.41, 5.74) is 6.96. The van der Waals surface area contributed by atoms with Crippen LogP contribution in [0.3, 0.4) is 0 Å². The first kappa shape index (κ1) is 21.4. The van der Waals surface area contributed by atoms with E-state index in [9.17, 15) is 9.59 Å². The van der Waals surface area contributed by atoms with Gasteiger partial charge in [0.2, 0.25) is 11.9 Å². The Hall–Kier alpha value is -4.41. The topological polar surface area (TPSA) is 145 Å². The first-order valence-corrected chi connectivity index (χ1v) is 10.7. The molecule has 2 aliphatic rings. The van der Waals surface area contributed by atoms with Crippen LogP contribution in [0.25, 0.3) is 0 Å². The van der Waals surface area contributed by atoms with Gasteiger partial charge >= 0.3 is 6.03 Å². The van der Waals surface area contributed by atoms with Crippen LogP contribution in [0.2, 0.25) is 0 Å². The van der Waals surface area contributed by atoms with Crippen LogP contribution in [-0.4, -0.2) is 45.0 Å². The number of nitrogens with one attached hydrogen (secondary N) is 2. The summed E-state index contributed by atoms with van der Waals surface area (Å²) in [7, 11) is 0. The summed E-state index contributed by atoms with van der Waals surface area (Å²) in [6.45, 7) is 4.30. The van der Waals surface area contributed by atoms with E-state index in [0.717, 1.165) is 16.2 Å². The van der Waals surface area contributed by atoms with Gasteiger partial charge in [0.05, 0.1) is 6.54 Å².